The van der Waals surface area contributed by atoms with Crippen LogP contribution in [0, 0.1) is 0 Å². The van der Waals surface area contributed by atoms with Crippen LogP contribution in [0.5, 0.6) is 0 Å². The first-order valence-corrected chi connectivity index (χ1v) is 9.96. The maximum absolute atomic E-state index is 12.9. The minimum absolute atomic E-state index is 0.218. The van der Waals surface area contributed by atoms with Crippen LogP contribution in [-0.2, 0) is 10.0 Å². The number of para-hydroxylation sites is 1. The predicted molar refractivity (Wildman–Crippen MR) is 106 cm³/mol. The molecular weight excluding hydrogens is 374 g/mol. The fourth-order valence-corrected chi connectivity index (χ4v) is 3.77. The summed E-state index contributed by atoms with van der Waals surface area (Å²) >= 11 is 0. The summed E-state index contributed by atoms with van der Waals surface area (Å²) in [6, 6.07) is 22.6. The number of aromatic nitrogens is 2. The Bertz CT molecular complexity index is 1260. The third-order valence-corrected chi connectivity index (χ3v) is 5.42. The molecule has 4 rings (SSSR count). The van der Waals surface area contributed by atoms with Crippen molar-refractivity contribution in [1.82, 2.24) is 14.7 Å². The second-order valence-corrected chi connectivity index (χ2v) is 7.67. The van der Waals surface area contributed by atoms with Crippen molar-refractivity contribution in [3.63, 3.8) is 0 Å². The summed E-state index contributed by atoms with van der Waals surface area (Å²) in [7, 11) is -4.08. The minimum Gasteiger partial charge on any atom is -0.268 e. The molecule has 4 aromatic rings. The molecule has 6 nitrogen and oxygen atoms in total. The number of fused-ring (bicyclic) bond motifs is 1. The molecule has 0 bridgehead atoms. The molecule has 1 N–H and O–H groups in total. The molecule has 0 atom stereocenters. The summed E-state index contributed by atoms with van der Waals surface area (Å²) in [5.74, 6) is -0.735. The molecule has 0 aliphatic carbocycles. The predicted octanol–water partition coefficient (Wildman–Crippen LogP) is 3.42. The Labute approximate surface area is 162 Å². The highest BCUT2D eigenvalue weighted by Crippen LogP contribution is 2.25. The highest BCUT2D eigenvalue weighted by molar-refractivity contribution is 7.90. The van der Waals surface area contributed by atoms with Gasteiger partial charge >= 0.3 is 0 Å². The van der Waals surface area contributed by atoms with Gasteiger partial charge in [-0.2, -0.15) is 8.42 Å². The minimum atomic E-state index is -4.08. The zero-order valence-electron chi connectivity index (χ0n) is 14.6. The molecule has 0 spiro atoms. The normalized spacial score (nSPS) is 11.3. The van der Waals surface area contributed by atoms with E-state index in [9.17, 15) is 13.2 Å². The average Bonchev–Trinajstić information content (AvgIpc) is 2.74. The summed E-state index contributed by atoms with van der Waals surface area (Å²) in [4.78, 5) is 21.3. The van der Waals surface area contributed by atoms with E-state index in [1.807, 2.05) is 36.4 Å². The number of pyridine rings is 2. The van der Waals surface area contributed by atoms with Crippen molar-refractivity contribution in [3.8, 4) is 11.3 Å². The molecule has 2 aromatic carbocycles. The number of carbonyl (C=O) groups excluding carboxylic acids is 1. The van der Waals surface area contributed by atoms with E-state index in [2.05, 4.69) is 14.7 Å². The van der Waals surface area contributed by atoms with Gasteiger partial charge in [0.2, 0.25) is 0 Å². The standard InChI is InChI=1S/C21H15N3O3S/c25-21(24-28(26,27)20-12-6-7-13-22-20)17-14-19(15-8-2-1-3-9-15)23-18-11-5-4-10-16(17)18/h1-14H,(H,24,25). The highest BCUT2D eigenvalue weighted by atomic mass is 32.2. The Kier molecular flexibility index (Phi) is 4.58. The zero-order valence-corrected chi connectivity index (χ0v) is 15.4. The first-order valence-electron chi connectivity index (χ1n) is 8.48. The fourth-order valence-electron chi connectivity index (χ4n) is 2.86. The molecule has 0 unspecified atom stereocenters. The van der Waals surface area contributed by atoms with Crippen molar-refractivity contribution in [1.29, 1.82) is 0 Å². The third kappa shape index (κ3) is 3.47. The number of benzene rings is 2. The number of carbonyl (C=O) groups is 1. The number of nitrogens with one attached hydrogen (secondary N) is 1. The Morgan fingerprint density at radius 3 is 2.32 bits per heavy atom. The van der Waals surface area contributed by atoms with E-state index in [-0.39, 0.29) is 10.6 Å². The van der Waals surface area contributed by atoms with Gasteiger partial charge in [0.25, 0.3) is 15.9 Å². The molecule has 0 radical (unpaired) electrons. The van der Waals surface area contributed by atoms with Gasteiger partial charge < -0.3 is 0 Å². The molecular formula is C21H15N3O3S. The van der Waals surface area contributed by atoms with Crippen molar-refractivity contribution >= 4 is 26.8 Å². The van der Waals surface area contributed by atoms with Crippen LogP contribution in [-0.4, -0.2) is 24.3 Å². The molecule has 0 aliphatic rings. The maximum atomic E-state index is 12.9. The van der Waals surface area contributed by atoms with Crippen LogP contribution < -0.4 is 4.72 Å². The van der Waals surface area contributed by atoms with Gasteiger partial charge in [-0.1, -0.05) is 54.6 Å². The largest absolute Gasteiger partial charge is 0.281 e. The number of nitrogens with zero attached hydrogens (tertiary/aromatic N) is 2. The van der Waals surface area contributed by atoms with Gasteiger partial charge in [-0.3, -0.25) is 4.79 Å². The fraction of sp³-hybridized carbons (Fsp3) is 0. The van der Waals surface area contributed by atoms with Gasteiger partial charge in [0.1, 0.15) is 0 Å². The van der Waals surface area contributed by atoms with Gasteiger partial charge in [-0.05, 0) is 24.3 Å². The van der Waals surface area contributed by atoms with E-state index in [1.54, 1.807) is 36.4 Å². The van der Waals surface area contributed by atoms with Gasteiger partial charge in [0, 0.05) is 17.1 Å². The number of rotatable bonds is 4. The smallest absolute Gasteiger partial charge is 0.268 e. The first kappa shape index (κ1) is 17.8. The molecule has 28 heavy (non-hydrogen) atoms. The second kappa shape index (κ2) is 7.21. The van der Waals surface area contributed by atoms with Crippen LogP contribution in [0.25, 0.3) is 22.2 Å². The van der Waals surface area contributed by atoms with Gasteiger partial charge in [0.05, 0.1) is 16.8 Å². The number of sulfonamides is 1. The van der Waals surface area contributed by atoms with E-state index in [1.165, 1.54) is 12.3 Å². The summed E-state index contributed by atoms with van der Waals surface area (Å²) in [5, 5.41) is 0.348. The van der Waals surface area contributed by atoms with Crippen LogP contribution in [0.15, 0.2) is 90.1 Å². The summed E-state index contributed by atoms with van der Waals surface area (Å²) < 4.78 is 27.1. The SMILES string of the molecule is O=C(NS(=O)(=O)c1ccccn1)c1cc(-c2ccccc2)nc2ccccc12. The van der Waals surface area contributed by atoms with Crippen molar-refractivity contribution in [2.24, 2.45) is 0 Å². The number of amides is 1. The summed E-state index contributed by atoms with van der Waals surface area (Å²) in [6.07, 6.45) is 1.36. The van der Waals surface area contributed by atoms with Crippen molar-refractivity contribution in [2.45, 2.75) is 5.03 Å². The number of hydrogen-bond acceptors (Lipinski definition) is 5. The van der Waals surface area contributed by atoms with Crippen LogP contribution >= 0.6 is 0 Å². The van der Waals surface area contributed by atoms with E-state index in [4.69, 9.17) is 0 Å². The Morgan fingerprint density at radius 1 is 0.857 bits per heavy atom. The molecule has 0 saturated heterocycles. The van der Waals surface area contributed by atoms with Crippen LogP contribution in [0.2, 0.25) is 0 Å². The van der Waals surface area contributed by atoms with Gasteiger partial charge in [-0.15, -0.1) is 0 Å². The Balaban J connectivity index is 1.80. The first-order chi connectivity index (χ1) is 13.5. The topological polar surface area (TPSA) is 89.0 Å². The quantitative estimate of drug-likeness (QED) is 0.578. The molecule has 2 heterocycles. The molecule has 0 fully saturated rings. The van der Waals surface area contributed by atoms with E-state index in [0.29, 0.717) is 16.6 Å². The lowest BCUT2D eigenvalue weighted by molar-refractivity contribution is 0.0983. The lowest BCUT2D eigenvalue weighted by Gasteiger charge is -2.11. The van der Waals surface area contributed by atoms with E-state index >= 15 is 0 Å². The van der Waals surface area contributed by atoms with Crippen molar-refractivity contribution < 1.29 is 13.2 Å². The molecule has 0 aliphatic heterocycles. The molecule has 0 saturated carbocycles. The van der Waals surface area contributed by atoms with Crippen LogP contribution in [0.1, 0.15) is 10.4 Å². The molecule has 138 valence electrons. The van der Waals surface area contributed by atoms with Crippen molar-refractivity contribution in [3.05, 3.63) is 90.6 Å². The molecule has 7 heteroatoms. The lowest BCUT2D eigenvalue weighted by atomic mass is 10.0. The number of hydrogen-bond donors (Lipinski definition) is 1. The van der Waals surface area contributed by atoms with Crippen molar-refractivity contribution in [2.75, 3.05) is 0 Å². The summed E-state index contributed by atoms with van der Waals surface area (Å²) in [5.41, 5.74) is 2.24. The summed E-state index contributed by atoms with van der Waals surface area (Å²) in [6.45, 7) is 0. The van der Waals surface area contributed by atoms with E-state index in [0.717, 1.165) is 5.56 Å². The second-order valence-electron chi connectivity index (χ2n) is 6.04. The zero-order chi connectivity index (χ0) is 19.6. The Morgan fingerprint density at radius 2 is 1.57 bits per heavy atom. The maximum Gasteiger partial charge on any atom is 0.281 e. The highest BCUT2D eigenvalue weighted by Gasteiger charge is 2.22. The third-order valence-electron chi connectivity index (χ3n) is 4.17. The van der Waals surface area contributed by atoms with Gasteiger partial charge in [-0.25, -0.2) is 14.7 Å². The molecule has 2 aromatic heterocycles. The Hall–Kier alpha value is -3.58. The van der Waals surface area contributed by atoms with Crippen LogP contribution in [0.3, 0.4) is 0 Å². The molecule has 1 amide bonds. The average molecular weight is 389 g/mol. The van der Waals surface area contributed by atoms with Gasteiger partial charge in [0.15, 0.2) is 5.03 Å². The van der Waals surface area contributed by atoms with E-state index < -0.39 is 15.9 Å². The lowest BCUT2D eigenvalue weighted by Crippen LogP contribution is -2.31. The van der Waals surface area contributed by atoms with Crippen LogP contribution in [0.4, 0.5) is 0 Å². The monoisotopic (exact) mass is 389 g/mol.